The SMILES string of the molecule is COc1cc(OCC2CCCC2CN)cc([N+](=O)[O-])c1. The van der Waals surface area contributed by atoms with Crippen molar-refractivity contribution in [3.05, 3.63) is 28.3 Å². The van der Waals surface area contributed by atoms with Gasteiger partial charge in [0.15, 0.2) is 0 Å². The minimum absolute atomic E-state index is 0.0267. The Morgan fingerprint density at radius 2 is 2.00 bits per heavy atom. The van der Waals surface area contributed by atoms with E-state index in [4.69, 9.17) is 15.2 Å². The molecule has 1 aromatic rings. The van der Waals surface area contributed by atoms with Crippen molar-refractivity contribution in [1.82, 2.24) is 0 Å². The van der Waals surface area contributed by atoms with Crippen LogP contribution in [0.15, 0.2) is 18.2 Å². The number of hydrogen-bond donors (Lipinski definition) is 1. The molecule has 110 valence electrons. The summed E-state index contributed by atoms with van der Waals surface area (Å²) in [6, 6.07) is 4.47. The summed E-state index contributed by atoms with van der Waals surface area (Å²) in [4.78, 5) is 10.4. The summed E-state index contributed by atoms with van der Waals surface area (Å²) >= 11 is 0. The van der Waals surface area contributed by atoms with E-state index in [0.717, 1.165) is 12.8 Å². The fourth-order valence-electron chi connectivity index (χ4n) is 2.71. The summed E-state index contributed by atoms with van der Waals surface area (Å²) in [5.74, 6) is 1.83. The second kappa shape index (κ2) is 6.56. The van der Waals surface area contributed by atoms with Crippen molar-refractivity contribution in [3.8, 4) is 11.5 Å². The Morgan fingerprint density at radius 3 is 2.65 bits per heavy atom. The molecule has 2 unspecified atom stereocenters. The molecule has 0 amide bonds. The molecule has 0 radical (unpaired) electrons. The van der Waals surface area contributed by atoms with Crippen molar-refractivity contribution in [3.63, 3.8) is 0 Å². The zero-order chi connectivity index (χ0) is 14.5. The van der Waals surface area contributed by atoms with Crippen LogP contribution in [0, 0.1) is 22.0 Å². The Kier molecular flexibility index (Phi) is 4.79. The summed E-state index contributed by atoms with van der Waals surface area (Å²) in [6.45, 7) is 1.22. The minimum Gasteiger partial charge on any atom is -0.496 e. The first-order chi connectivity index (χ1) is 9.63. The highest BCUT2D eigenvalue weighted by molar-refractivity contribution is 5.46. The second-order valence-corrected chi connectivity index (χ2v) is 5.12. The van der Waals surface area contributed by atoms with Gasteiger partial charge in [-0.3, -0.25) is 10.1 Å². The van der Waals surface area contributed by atoms with Gasteiger partial charge in [0.1, 0.15) is 11.5 Å². The molecule has 2 atom stereocenters. The summed E-state index contributed by atoms with van der Waals surface area (Å²) in [5, 5.41) is 10.9. The quantitative estimate of drug-likeness (QED) is 0.638. The summed E-state index contributed by atoms with van der Waals surface area (Å²) in [7, 11) is 1.48. The normalized spacial score (nSPS) is 21.7. The Balaban J connectivity index is 2.05. The average Bonchev–Trinajstić information content (AvgIpc) is 2.92. The summed E-state index contributed by atoms with van der Waals surface area (Å²) < 4.78 is 10.8. The maximum atomic E-state index is 10.9. The van der Waals surface area contributed by atoms with Crippen LogP contribution >= 0.6 is 0 Å². The molecule has 2 N–H and O–H groups in total. The zero-order valence-corrected chi connectivity index (χ0v) is 11.6. The highest BCUT2D eigenvalue weighted by Gasteiger charge is 2.26. The summed E-state index contributed by atoms with van der Waals surface area (Å²) in [5.41, 5.74) is 5.71. The number of non-ortho nitro benzene ring substituents is 1. The van der Waals surface area contributed by atoms with Crippen molar-refractivity contribution < 1.29 is 14.4 Å². The fourth-order valence-corrected chi connectivity index (χ4v) is 2.71. The maximum absolute atomic E-state index is 10.9. The van der Waals surface area contributed by atoms with E-state index >= 15 is 0 Å². The third-order valence-electron chi connectivity index (χ3n) is 3.89. The topological polar surface area (TPSA) is 87.6 Å². The van der Waals surface area contributed by atoms with E-state index in [1.165, 1.54) is 25.7 Å². The van der Waals surface area contributed by atoms with Gasteiger partial charge in [-0.05, 0) is 31.2 Å². The van der Waals surface area contributed by atoms with Gasteiger partial charge in [0.2, 0.25) is 0 Å². The lowest BCUT2D eigenvalue weighted by Crippen LogP contribution is -2.23. The van der Waals surface area contributed by atoms with Crippen molar-refractivity contribution >= 4 is 5.69 Å². The molecule has 6 heteroatoms. The molecule has 0 aromatic heterocycles. The van der Waals surface area contributed by atoms with Crippen LogP contribution in [0.5, 0.6) is 11.5 Å². The van der Waals surface area contributed by atoms with E-state index in [0.29, 0.717) is 36.5 Å². The molecule has 0 saturated heterocycles. The van der Waals surface area contributed by atoms with E-state index < -0.39 is 4.92 Å². The minimum atomic E-state index is -0.451. The van der Waals surface area contributed by atoms with E-state index in [-0.39, 0.29) is 5.69 Å². The molecule has 1 aromatic carbocycles. The van der Waals surface area contributed by atoms with Crippen LogP contribution in [0.1, 0.15) is 19.3 Å². The standard InChI is InChI=1S/C14H20N2O4/c1-19-13-5-12(16(17)18)6-14(7-13)20-9-11-4-2-3-10(11)8-15/h5-7,10-11H,2-4,8-9,15H2,1H3. The molecule has 0 bridgehead atoms. The van der Waals surface area contributed by atoms with Crippen LogP contribution in [0.25, 0.3) is 0 Å². The number of nitrogens with zero attached hydrogens (tertiary/aromatic N) is 1. The van der Waals surface area contributed by atoms with E-state index in [1.807, 2.05) is 0 Å². The molecule has 1 aliphatic rings. The van der Waals surface area contributed by atoms with Crippen molar-refractivity contribution in [2.45, 2.75) is 19.3 Å². The first-order valence-electron chi connectivity index (χ1n) is 6.80. The van der Waals surface area contributed by atoms with E-state index in [1.54, 1.807) is 6.07 Å². The number of hydrogen-bond acceptors (Lipinski definition) is 5. The van der Waals surface area contributed by atoms with Crippen LogP contribution in [0.2, 0.25) is 0 Å². The largest absolute Gasteiger partial charge is 0.496 e. The number of benzene rings is 1. The molecule has 0 aliphatic heterocycles. The predicted molar refractivity (Wildman–Crippen MR) is 75.0 cm³/mol. The van der Waals surface area contributed by atoms with Crippen LogP contribution < -0.4 is 15.2 Å². The molecule has 20 heavy (non-hydrogen) atoms. The Hall–Kier alpha value is -1.82. The molecular weight excluding hydrogens is 260 g/mol. The zero-order valence-electron chi connectivity index (χ0n) is 11.6. The molecule has 1 saturated carbocycles. The molecule has 0 spiro atoms. The molecule has 2 rings (SSSR count). The average molecular weight is 280 g/mol. The van der Waals surface area contributed by atoms with E-state index in [9.17, 15) is 10.1 Å². The molecule has 0 heterocycles. The lowest BCUT2D eigenvalue weighted by molar-refractivity contribution is -0.385. The number of nitrogens with two attached hydrogens (primary N) is 1. The maximum Gasteiger partial charge on any atom is 0.276 e. The molecule has 1 fully saturated rings. The van der Waals surface area contributed by atoms with E-state index in [2.05, 4.69) is 0 Å². The van der Waals surface area contributed by atoms with Gasteiger partial charge in [-0.2, -0.15) is 0 Å². The monoisotopic (exact) mass is 280 g/mol. The Bertz CT molecular complexity index is 478. The predicted octanol–water partition coefficient (Wildman–Crippen LogP) is 2.36. The van der Waals surface area contributed by atoms with Gasteiger partial charge in [-0.1, -0.05) is 6.42 Å². The number of nitro benzene ring substituents is 1. The van der Waals surface area contributed by atoms with Gasteiger partial charge in [-0.15, -0.1) is 0 Å². The van der Waals surface area contributed by atoms with Crippen molar-refractivity contribution in [2.75, 3.05) is 20.3 Å². The van der Waals surface area contributed by atoms with Gasteiger partial charge >= 0.3 is 0 Å². The van der Waals surface area contributed by atoms with Crippen molar-refractivity contribution in [1.29, 1.82) is 0 Å². The van der Waals surface area contributed by atoms with Crippen LogP contribution in [-0.2, 0) is 0 Å². The summed E-state index contributed by atoms with van der Waals surface area (Å²) in [6.07, 6.45) is 3.42. The van der Waals surface area contributed by atoms with Crippen LogP contribution in [0.4, 0.5) is 5.69 Å². The molecular formula is C14H20N2O4. The number of ether oxygens (including phenoxy) is 2. The van der Waals surface area contributed by atoms with Gasteiger partial charge in [0.25, 0.3) is 5.69 Å². The smallest absolute Gasteiger partial charge is 0.276 e. The fraction of sp³-hybridized carbons (Fsp3) is 0.571. The van der Waals surface area contributed by atoms with Gasteiger partial charge in [0, 0.05) is 6.07 Å². The third kappa shape index (κ3) is 3.39. The molecule has 1 aliphatic carbocycles. The van der Waals surface area contributed by atoms with Crippen LogP contribution in [-0.4, -0.2) is 25.2 Å². The highest BCUT2D eigenvalue weighted by Crippen LogP contribution is 2.33. The lowest BCUT2D eigenvalue weighted by atomic mass is 9.97. The molecule has 6 nitrogen and oxygen atoms in total. The first-order valence-corrected chi connectivity index (χ1v) is 6.80. The van der Waals surface area contributed by atoms with Crippen molar-refractivity contribution in [2.24, 2.45) is 17.6 Å². The van der Waals surface area contributed by atoms with Gasteiger partial charge < -0.3 is 15.2 Å². The number of nitro groups is 1. The van der Waals surface area contributed by atoms with Gasteiger partial charge in [-0.25, -0.2) is 0 Å². The number of methoxy groups -OCH3 is 1. The Morgan fingerprint density at radius 1 is 1.30 bits per heavy atom. The third-order valence-corrected chi connectivity index (χ3v) is 3.89. The highest BCUT2D eigenvalue weighted by atomic mass is 16.6. The number of rotatable bonds is 6. The first kappa shape index (κ1) is 14.6. The van der Waals surface area contributed by atoms with Crippen LogP contribution in [0.3, 0.4) is 0 Å². The lowest BCUT2D eigenvalue weighted by Gasteiger charge is -2.18. The Labute approximate surface area is 118 Å². The van der Waals surface area contributed by atoms with Gasteiger partial charge in [0.05, 0.1) is 30.8 Å². The second-order valence-electron chi connectivity index (χ2n) is 5.12.